The summed E-state index contributed by atoms with van der Waals surface area (Å²) in [6.45, 7) is 4.04. The molecule has 0 bridgehead atoms. The van der Waals surface area contributed by atoms with Crippen molar-refractivity contribution in [3.63, 3.8) is 0 Å². The molecule has 1 amide bonds. The van der Waals surface area contributed by atoms with Crippen molar-refractivity contribution in [3.8, 4) is 0 Å². The summed E-state index contributed by atoms with van der Waals surface area (Å²) >= 11 is 0. The summed E-state index contributed by atoms with van der Waals surface area (Å²) in [5.41, 5.74) is 0.432. The Morgan fingerprint density at radius 3 is 2.67 bits per heavy atom. The molecule has 5 heteroatoms. The molecule has 1 unspecified atom stereocenters. The number of anilines is 1. The van der Waals surface area contributed by atoms with Crippen molar-refractivity contribution in [2.75, 3.05) is 5.32 Å². The van der Waals surface area contributed by atoms with Crippen molar-refractivity contribution in [2.45, 2.75) is 70.9 Å². The quantitative estimate of drug-likeness (QED) is 0.818. The minimum atomic E-state index is -0.129. The Hall–Kier alpha value is -1.65. The summed E-state index contributed by atoms with van der Waals surface area (Å²) in [5, 5.41) is 6.38. The lowest BCUT2D eigenvalue weighted by Gasteiger charge is -2.17. The van der Waals surface area contributed by atoms with Crippen LogP contribution in [0.1, 0.15) is 69.3 Å². The van der Waals surface area contributed by atoms with Gasteiger partial charge in [0.1, 0.15) is 17.8 Å². The van der Waals surface area contributed by atoms with Gasteiger partial charge >= 0.3 is 0 Å². The van der Waals surface area contributed by atoms with Crippen LogP contribution in [-0.4, -0.2) is 28.0 Å². The van der Waals surface area contributed by atoms with Crippen LogP contribution in [0.25, 0.3) is 0 Å². The van der Waals surface area contributed by atoms with E-state index in [-0.39, 0.29) is 11.9 Å². The number of aromatic nitrogens is 2. The Bertz CT molecular complexity index is 455. The molecule has 1 aromatic rings. The van der Waals surface area contributed by atoms with E-state index in [0.29, 0.717) is 11.7 Å². The molecule has 21 heavy (non-hydrogen) atoms. The molecule has 1 fully saturated rings. The average Bonchev–Trinajstić information content (AvgIpc) is 2.76. The molecule has 2 rings (SSSR count). The van der Waals surface area contributed by atoms with E-state index in [2.05, 4.69) is 20.6 Å². The topological polar surface area (TPSA) is 66.9 Å². The zero-order valence-electron chi connectivity index (χ0n) is 13.1. The molecule has 1 aromatic heterocycles. The normalized spacial score (nSPS) is 17.8. The molecular weight excluding hydrogens is 264 g/mol. The van der Waals surface area contributed by atoms with Crippen LogP contribution in [0.2, 0.25) is 0 Å². The maximum absolute atomic E-state index is 12.1. The minimum absolute atomic E-state index is 0.129. The van der Waals surface area contributed by atoms with Gasteiger partial charge in [-0.3, -0.25) is 4.79 Å². The van der Waals surface area contributed by atoms with Gasteiger partial charge in [-0.1, -0.05) is 32.6 Å². The Morgan fingerprint density at radius 1 is 1.29 bits per heavy atom. The van der Waals surface area contributed by atoms with Crippen molar-refractivity contribution >= 4 is 11.7 Å². The maximum Gasteiger partial charge on any atom is 0.270 e. The van der Waals surface area contributed by atoms with Crippen LogP contribution in [0.15, 0.2) is 12.4 Å². The van der Waals surface area contributed by atoms with E-state index in [0.717, 1.165) is 12.2 Å². The zero-order chi connectivity index (χ0) is 15.1. The summed E-state index contributed by atoms with van der Waals surface area (Å²) in [6, 6.07) is 2.38. The van der Waals surface area contributed by atoms with Gasteiger partial charge in [-0.15, -0.1) is 0 Å². The van der Waals surface area contributed by atoms with E-state index in [9.17, 15) is 4.79 Å². The van der Waals surface area contributed by atoms with E-state index in [1.54, 1.807) is 6.07 Å². The minimum Gasteiger partial charge on any atom is -0.367 e. The summed E-state index contributed by atoms with van der Waals surface area (Å²) in [5.74, 6) is 0.627. The second-order valence-corrected chi connectivity index (χ2v) is 5.90. The molecule has 5 nitrogen and oxygen atoms in total. The average molecular weight is 290 g/mol. The van der Waals surface area contributed by atoms with Crippen LogP contribution in [0.3, 0.4) is 0 Å². The maximum atomic E-state index is 12.1. The van der Waals surface area contributed by atoms with Crippen LogP contribution in [-0.2, 0) is 0 Å². The third-order valence-electron chi connectivity index (χ3n) is 4.10. The lowest BCUT2D eigenvalue weighted by molar-refractivity contribution is 0.0934. The predicted molar refractivity (Wildman–Crippen MR) is 84.4 cm³/mol. The van der Waals surface area contributed by atoms with Crippen molar-refractivity contribution in [3.05, 3.63) is 18.1 Å². The molecular formula is C16H26N4O. The highest BCUT2D eigenvalue weighted by molar-refractivity contribution is 5.93. The number of hydrogen-bond acceptors (Lipinski definition) is 4. The van der Waals surface area contributed by atoms with Gasteiger partial charge in [-0.2, -0.15) is 0 Å². The van der Waals surface area contributed by atoms with Gasteiger partial charge in [-0.25, -0.2) is 9.97 Å². The fourth-order valence-corrected chi connectivity index (χ4v) is 2.59. The van der Waals surface area contributed by atoms with Crippen molar-refractivity contribution in [1.82, 2.24) is 15.3 Å². The third kappa shape index (κ3) is 4.99. The predicted octanol–water partition coefficient (Wildman–Crippen LogP) is 3.14. The monoisotopic (exact) mass is 290 g/mol. The number of amides is 1. The highest BCUT2D eigenvalue weighted by atomic mass is 16.1. The SMILES string of the molecule is CCC(C)NC(=O)c1cc(NC2CCCCCC2)ncn1. The smallest absolute Gasteiger partial charge is 0.270 e. The van der Waals surface area contributed by atoms with E-state index >= 15 is 0 Å². The first kappa shape index (κ1) is 15.7. The lowest BCUT2D eigenvalue weighted by Crippen LogP contribution is -2.32. The fourth-order valence-electron chi connectivity index (χ4n) is 2.59. The number of nitrogens with one attached hydrogen (secondary N) is 2. The molecule has 1 saturated carbocycles. The van der Waals surface area contributed by atoms with Gasteiger partial charge in [0.2, 0.25) is 0 Å². The van der Waals surface area contributed by atoms with Gasteiger partial charge in [0, 0.05) is 18.2 Å². The number of hydrogen-bond donors (Lipinski definition) is 2. The molecule has 1 heterocycles. The summed E-state index contributed by atoms with van der Waals surface area (Å²) in [4.78, 5) is 20.4. The molecule has 1 aliphatic carbocycles. The fraction of sp³-hybridized carbons (Fsp3) is 0.688. The van der Waals surface area contributed by atoms with Crippen molar-refractivity contribution in [1.29, 1.82) is 0 Å². The first-order valence-electron chi connectivity index (χ1n) is 8.08. The van der Waals surface area contributed by atoms with E-state index in [1.807, 2.05) is 13.8 Å². The van der Waals surface area contributed by atoms with Crippen LogP contribution in [0, 0.1) is 0 Å². The van der Waals surface area contributed by atoms with Crippen LogP contribution in [0.5, 0.6) is 0 Å². The summed E-state index contributed by atoms with van der Waals surface area (Å²) in [6.07, 6.45) is 9.91. The zero-order valence-corrected chi connectivity index (χ0v) is 13.1. The Kier molecular flexibility index (Phi) is 5.96. The standard InChI is InChI=1S/C16H26N4O/c1-3-12(2)19-16(21)14-10-15(18-11-17-14)20-13-8-6-4-5-7-9-13/h10-13H,3-9H2,1-2H3,(H,19,21)(H,17,18,20). The van der Waals surface area contributed by atoms with Gasteiger partial charge < -0.3 is 10.6 Å². The third-order valence-corrected chi connectivity index (χ3v) is 4.10. The summed E-state index contributed by atoms with van der Waals surface area (Å²) in [7, 11) is 0. The number of carbonyl (C=O) groups excluding carboxylic acids is 1. The molecule has 0 aliphatic heterocycles. The number of carbonyl (C=O) groups is 1. The Morgan fingerprint density at radius 2 is 2.00 bits per heavy atom. The molecule has 2 N–H and O–H groups in total. The molecule has 116 valence electrons. The number of nitrogens with zero attached hydrogens (tertiary/aromatic N) is 2. The molecule has 0 spiro atoms. The van der Waals surface area contributed by atoms with Crippen molar-refractivity contribution in [2.24, 2.45) is 0 Å². The van der Waals surface area contributed by atoms with E-state index in [4.69, 9.17) is 0 Å². The van der Waals surface area contributed by atoms with Gasteiger partial charge in [0.05, 0.1) is 0 Å². The highest BCUT2D eigenvalue weighted by Gasteiger charge is 2.15. The second-order valence-electron chi connectivity index (χ2n) is 5.90. The first-order chi connectivity index (χ1) is 10.2. The molecule has 0 radical (unpaired) electrons. The molecule has 1 atom stereocenters. The van der Waals surface area contributed by atoms with Gasteiger partial charge in [0.15, 0.2) is 0 Å². The summed E-state index contributed by atoms with van der Waals surface area (Å²) < 4.78 is 0. The van der Waals surface area contributed by atoms with Crippen LogP contribution >= 0.6 is 0 Å². The number of rotatable bonds is 5. The van der Waals surface area contributed by atoms with Crippen LogP contribution in [0.4, 0.5) is 5.82 Å². The van der Waals surface area contributed by atoms with Gasteiger partial charge in [0.25, 0.3) is 5.91 Å². The van der Waals surface area contributed by atoms with Crippen molar-refractivity contribution < 1.29 is 4.79 Å². The molecule has 0 saturated heterocycles. The second kappa shape index (κ2) is 7.96. The Balaban J connectivity index is 1.98. The van der Waals surface area contributed by atoms with E-state index in [1.165, 1.54) is 44.9 Å². The first-order valence-corrected chi connectivity index (χ1v) is 8.08. The van der Waals surface area contributed by atoms with Gasteiger partial charge in [-0.05, 0) is 26.2 Å². The molecule has 1 aliphatic rings. The largest absolute Gasteiger partial charge is 0.367 e. The van der Waals surface area contributed by atoms with E-state index < -0.39 is 0 Å². The lowest BCUT2D eigenvalue weighted by atomic mass is 10.1. The van der Waals surface area contributed by atoms with Crippen LogP contribution < -0.4 is 10.6 Å². The molecule has 0 aromatic carbocycles. The Labute approximate surface area is 127 Å². The highest BCUT2D eigenvalue weighted by Crippen LogP contribution is 2.20.